The van der Waals surface area contributed by atoms with Gasteiger partial charge in [-0.1, -0.05) is 0 Å². The molecule has 0 saturated heterocycles. The number of imidazole rings is 1. The fourth-order valence-corrected chi connectivity index (χ4v) is 2.72. The summed E-state index contributed by atoms with van der Waals surface area (Å²) in [5.41, 5.74) is 3.53. The molecular weight excluding hydrogens is 242 g/mol. The van der Waals surface area contributed by atoms with Crippen LogP contribution in [-0.2, 0) is 33.6 Å². The normalized spacial score (nSPS) is 19.6. The predicted molar refractivity (Wildman–Crippen MR) is 70.2 cm³/mol. The summed E-state index contributed by atoms with van der Waals surface area (Å²) < 4.78 is 3.86. The van der Waals surface area contributed by atoms with E-state index in [2.05, 4.69) is 19.5 Å². The summed E-state index contributed by atoms with van der Waals surface area (Å²) >= 11 is 0. The number of aromatic nitrogens is 4. The van der Waals surface area contributed by atoms with E-state index in [4.69, 9.17) is 0 Å². The fourth-order valence-electron chi connectivity index (χ4n) is 2.72. The molecule has 0 unspecified atom stereocenters. The second kappa shape index (κ2) is 4.79. The molecule has 0 bridgehead atoms. The minimum Gasteiger partial charge on any atom is -0.395 e. The topological polar surface area (TPSA) is 59.1 Å². The lowest BCUT2D eigenvalue weighted by Crippen LogP contribution is -2.42. The first-order chi connectivity index (χ1) is 9.17. The van der Waals surface area contributed by atoms with Crippen molar-refractivity contribution in [3.05, 3.63) is 35.7 Å². The van der Waals surface area contributed by atoms with Gasteiger partial charge in [0.05, 0.1) is 24.8 Å². The van der Waals surface area contributed by atoms with Crippen molar-refractivity contribution in [1.29, 1.82) is 0 Å². The Kier molecular flexibility index (Phi) is 3.12. The van der Waals surface area contributed by atoms with Gasteiger partial charge in [0, 0.05) is 57.1 Å². The molecule has 6 nitrogen and oxygen atoms in total. The van der Waals surface area contributed by atoms with Crippen LogP contribution in [0.5, 0.6) is 0 Å². The van der Waals surface area contributed by atoms with Gasteiger partial charge >= 0.3 is 0 Å². The Morgan fingerprint density at radius 2 is 2.26 bits per heavy atom. The zero-order valence-electron chi connectivity index (χ0n) is 11.3. The molecule has 0 saturated carbocycles. The Labute approximate surface area is 112 Å². The second-order valence-corrected chi connectivity index (χ2v) is 5.22. The number of hydrogen-bond acceptors (Lipinski definition) is 4. The molecule has 1 atom stereocenters. The maximum absolute atomic E-state index is 9.61. The Bertz CT molecular complexity index is 573. The molecule has 6 heteroatoms. The maximum atomic E-state index is 9.61. The van der Waals surface area contributed by atoms with Crippen LogP contribution >= 0.6 is 0 Å². The molecule has 0 fully saturated rings. The van der Waals surface area contributed by atoms with E-state index in [1.165, 1.54) is 11.3 Å². The number of aliphatic hydroxyl groups excluding tert-OH is 1. The molecule has 3 rings (SSSR count). The molecule has 102 valence electrons. The van der Waals surface area contributed by atoms with Gasteiger partial charge in [-0.2, -0.15) is 5.10 Å². The number of rotatable bonds is 3. The summed E-state index contributed by atoms with van der Waals surface area (Å²) in [4.78, 5) is 6.71. The lowest BCUT2D eigenvalue weighted by molar-refractivity contribution is 0.0967. The number of hydrogen-bond donors (Lipinski definition) is 1. The fraction of sp³-hybridized carbons (Fsp3) is 0.538. The summed E-state index contributed by atoms with van der Waals surface area (Å²) in [7, 11) is 3.93. The van der Waals surface area contributed by atoms with Gasteiger partial charge in [0.15, 0.2) is 0 Å². The van der Waals surface area contributed by atoms with E-state index >= 15 is 0 Å². The molecule has 3 heterocycles. The third-order valence-corrected chi connectivity index (χ3v) is 3.80. The summed E-state index contributed by atoms with van der Waals surface area (Å²) in [5, 5.41) is 13.8. The summed E-state index contributed by atoms with van der Waals surface area (Å²) in [6.07, 6.45) is 6.60. The van der Waals surface area contributed by atoms with Gasteiger partial charge in [0.1, 0.15) is 0 Å². The van der Waals surface area contributed by atoms with E-state index in [9.17, 15) is 5.11 Å². The third kappa shape index (κ3) is 2.29. The molecule has 0 aliphatic carbocycles. The molecular formula is C13H19N5O. The van der Waals surface area contributed by atoms with Crippen LogP contribution in [0.25, 0.3) is 0 Å². The Balaban J connectivity index is 1.81. The average molecular weight is 261 g/mol. The van der Waals surface area contributed by atoms with Gasteiger partial charge < -0.3 is 9.67 Å². The number of nitrogens with zero attached hydrogens (tertiary/aromatic N) is 5. The summed E-state index contributed by atoms with van der Waals surface area (Å²) in [5.74, 6) is 0. The molecule has 0 radical (unpaired) electrons. The zero-order chi connectivity index (χ0) is 13.4. The monoisotopic (exact) mass is 261 g/mol. The first kappa shape index (κ1) is 12.4. The Morgan fingerprint density at radius 1 is 1.42 bits per heavy atom. The van der Waals surface area contributed by atoms with Gasteiger partial charge in [0.2, 0.25) is 0 Å². The number of fused-ring (bicyclic) bond motifs is 1. The largest absolute Gasteiger partial charge is 0.395 e. The molecule has 0 aromatic carbocycles. The van der Waals surface area contributed by atoms with Crippen LogP contribution in [0, 0.1) is 0 Å². The van der Waals surface area contributed by atoms with Crippen LogP contribution in [-0.4, -0.2) is 42.0 Å². The van der Waals surface area contributed by atoms with Crippen molar-refractivity contribution < 1.29 is 5.11 Å². The summed E-state index contributed by atoms with van der Waals surface area (Å²) in [6, 6.07) is 0.156. The van der Waals surface area contributed by atoms with Gasteiger partial charge in [0.25, 0.3) is 0 Å². The molecule has 0 amide bonds. The smallest absolute Gasteiger partial charge is 0.0949 e. The van der Waals surface area contributed by atoms with Crippen molar-refractivity contribution in [3.63, 3.8) is 0 Å². The van der Waals surface area contributed by atoms with Crippen molar-refractivity contribution in [2.45, 2.75) is 25.6 Å². The van der Waals surface area contributed by atoms with E-state index in [1.807, 2.05) is 32.8 Å². The third-order valence-electron chi connectivity index (χ3n) is 3.80. The van der Waals surface area contributed by atoms with Crippen molar-refractivity contribution >= 4 is 0 Å². The minimum absolute atomic E-state index is 0.156. The zero-order valence-corrected chi connectivity index (χ0v) is 11.3. The molecule has 2 aromatic rings. The van der Waals surface area contributed by atoms with Crippen LogP contribution in [0.4, 0.5) is 0 Å². The average Bonchev–Trinajstić information content (AvgIpc) is 2.96. The van der Waals surface area contributed by atoms with Crippen molar-refractivity contribution in [2.75, 3.05) is 6.61 Å². The van der Waals surface area contributed by atoms with E-state index in [0.29, 0.717) is 0 Å². The van der Waals surface area contributed by atoms with Crippen molar-refractivity contribution in [3.8, 4) is 0 Å². The molecule has 0 spiro atoms. The number of aryl methyl sites for hydroxylation is 2. The SMILES string of the molecule is Cn1cc(CN2Cc3ncn(C)c3C[C@H]2CO)cn1. The minimum atomic E-state index is 0.156. The highest BCUT2D eigenvalue weighted by Crippen LogP contribution is 2.23. The standard InChI is InChI=1S/C13H19N5O/c1-16-9-14-12-7-18(11(8-19)3-13(12)16)6-10-4-15-17(2)5-10/h4-5,9,11,19H,3,6-8H2,1-2H3/t11-/m0/s1. The highest BCUT2D eigenvalue weighted by molar-refractivity contribution is 5.19. The highest BCUT2D eigenvalue weighted by atomic mass is 16.3. The first-order valence-electron chi connectivity index (χ1n) is 6.49. The van der Waals surface area contributed by atoms with E-state index < -0.39 is 0 Å². The highest BCUT2D eigenvalue weighted by Gasteiger charge is 2.28. The van der Waals surface area contributed by atoms with Crippen molar-refractivity contribution in [2.24, 2.45) is 14.1 Å². The van der Waals surface area contributed by atoms with Crippen molar-refractivity contribution in [1.82, 2.24) is 24.2 Å². The van der Waals surface area contributed by atoms with Gasteiger partial charge in [-0.05, 0) is 0 Å². The Hall–Kier alpha value is -1.66. The second-order valence-electron chi connectivity index (χ2n) is 5.22. The first-order valence-corrected chi connectivity index (χ1v) is 6.49. The molecule has 1 aliphatic rings. The van der Waals surface area contributed by atoms with Crippen LogP contribution in [0.3, 0.4) is 0 Å². The van der Waals surface area contributed by atoms with Gasteiger partial charge in [-0.15, -0.1) is 0 Å². The quantitative estimate of drug-likeness (QED) is 0.849. The van der Waals surface area contributed by atoms with Crippen LogP contribution in [0.15, 0.2) is 18.7 Å². The van der Waals surface area contributed by atoms with E-state index in [-0.39, 0.29) is 12.6 Å². The van der Waals surface area contributed by atoms with Gasteiger partial charge in [-0.25, -0.2) is 4.98 Å². The van der Waals surface area contributed by atoms with Crippen LogP contribution < -0.4 is 0 Å². The molecule has 1 N–H and O–H groups in total. The van der Waals surface area contributed by atoms with Crippen LogP contribution in [0.2, 0.25) is 0 Å². The van der Waals surface area contributed by atoms with Gasteiger partial charge in [-0.3, -0.25) is 9.58 Å². The maximum Gasteiger partial charge on any atom is 0.0949 e. The van der Waals surface area contributed by atoms with E-state index in [1.54, 1.807) is 4.68 Å². The Morgan fingerprint density at radius 3 is 2.95 bits per heavy atom. The lowest BCUT2D eigenvalue weighted by Gasteiger charge is -2.34. The predicted octanol–water partition coefficient (Wildman–Crippen LogP) is 0.0728. The molecule has 2 aromatic heterocycles. The molecule has 19 heavy (non-hydrogen) atoms. The summed E-state index contributed by atoms with van der Waals surface area (Å²) in [6.45, 7) is 1.76. The van der Waals surface area contributed by atoms with E-state index in [0.717, 1.165) is 25.2 Å². The number of aliphatic hydroxyl groups is 1. The lowest BCUT2D eigenvalue weighted by atomic mass is 10.0. The molecule has 1 aliphatic heterocycles. The van der Waals surface area contributed by atoms with Crippen LogP contribution in [0.1, 0.15) is 17.0 Å².